The van der Waals surface area contributed by atoms with Crippen LogP contribution in [0, 0.1) is 0 Å². The van der Waals surface area contributed by atoms with Crippen molar-refractivity contribution in [2.45, 2.75) is 90.2 Å². The Morgan fingerprint density at radius 2 is 1.47 bits per heavy atom. The summed E-state index contributed by atoms with van der Waals surface area (Å²) in [6.07, 6.45) is 10.2. The molecule has 0 fully saturated rings. The van der Waals surface area contributed by atoms with Crippen molar-refractivity contribution in [3.63, 3.8) is 0 Å². The number of aliphatic hydroxyl groups excluding tert-OH is 1. The van der Waals surface area contributed by atoms with Gasteiger partial charge in [0.05, 0.1) is 6.10 Å². The molecule has 2 rings (SSSR count). The molecule has 0 aromatic heterocycles. The molecule has 2 aromatic carbocycles. The highest BCUT2D eigenvalue weighted by molar-refractivity contribution is 6.99. The topological polar surface area (TPSA) is 46.5 Å². The molecule has 186 valence electrons. The predicted molar refractivity (Wildman–Crippen MR) is 146 cm³/mol. The molecule has 0 saturated heterocycles. The number of hydrogen-bond donors (Lipinski definition) is 1. The Balaban J connectivity index is 1.97. The second kappa shape index (κ2) is 14.4. The highest BCUT2D eigenvalue weighted by Gasteiger charge is 2.49. The molecule has 0 aliphatic heterocycles. The third-order valence-electron chi connectivity index (χ3n) is 6.41. The highest BCUT2D eigenvalue weighted by Crippen LogP contribution is 2.36. The van der Waals surface area contributed by atoms with Crippen molar-refractivity contribution in [1.82, 2.24) is 0 Å². The van der Waals surface area contributed by atoms with Crippen LogP contribution in [0.5, 0.6) is 0 Å². The van der Waals surface area contributed by atoms with Gasteiger partial charge >= 0.3 is 0 Å². The molecule has 3 nitrogen and oxygen atoms in total. The summed E-state index contributed by atoms with van der Waals surface area (Å²) in [6, 6.07) is 21.2. The van der Waals surface area contributed by atoms with Crippen molar-refractivity contribution < 1.29 is 14.3 Å². The maximum atomic E-state index is 12.0. The maximum Gasteiger partial charge on any atom is 0.261 e. The fourth-order valence-electron chi connectivity index (χ4n) is 4.58. The van der Waals surface area contributed by atoms with Crippen LogP contribution >= 0.6 is 0 Å². The summed E-state index contributed by atoms with van der Waals surface area (Å²) in [4.78, 5) is 12.0. The monoisotopic (exact) mass is 480 g/mol. The summed E-state index contributed by atoms with van der Waals surface area (Å²) in [6.45, 7) is 9.57. The molecule has 0 radical (unpaired) electrons. The predicted octanol–water partition coefficient (Wildman–Crippen LogP) is 6.19. The second-order valence-electron chi connectivity index (χ2n) is 10.2. The molecule has 0 amide bonds. The van der Waals surface area contributed by atoms with Crippen LogP contribution in [0.4, 0.5) is 0 Å². The van der Waals surface area contributed by atoms with Gasteiger partial charge in [0.15, 0.2) is 5.78 Å². The lowest BCUT2D eigenvalue weighted by Crippen LogP contribution is -2.66. The minimum atomic E-state index is -2.54. The molecular formula is C30H44O3Si. The largest absolute Gasteiger partial charge is 0.407 e. The van der Waals surface area contributed by atoms with Gasteiger partial charge in [0.25, 0.3) is 8.32 Å². The molecule has 0 saturated carbocycles. The molecule has 0 aliphatic carbocycles. The molecular weight excluding hydrogens is 436 g/mol. The van der Waals surface area contributed by atoms with Gasteiger partial charge in [0.1, 0.15) is 0 Å². The van der Waals surface area contributed by atoms with Crippen LogP contribution in [0.2, 0.25) is 5.04 Å². The second-order valence-corrected chi connectivity index (χ2v) is 14.5. The molecule has 2 aromatic rings. The number of hydrogen-bond acceptors (Lipinski definition) is 3. The van der Waals surface area contributed by atoms with Crippen molar-refractivity contribution in [3.05, 3.63) is 72.8 Å². The maximum absolute atomic E-state index is 12.0. The van der Waals surface area contributed by atoms with Crippen molar-refractivity contribution >= 4 is 24.5 Å². The summed E-state index contributed by atoms with van der Waals surface area (Å²) in [7, 11) is -2.54. The Bertz CT molecular complexity index is 816. The Hall–Kier alpha value is -2.01. The van der Waals surface area contributed by atoms with E-state index in [9.17, 15) is 9.90 Å². The lowest BCUT2D eigenvalue weighted by molar-refractivity contribution is -0.114. The van der Waals surface area contributed by atoms with Crippen LogP contribution in [0.3, 0.4) is 0 Å². The molecule has 1 unspecified atom stereocenters. The van der Waals surface area contributed by atoms with Crippen molar-refractivity contribution in [1.29, 1.82) is 0 Å². The first kappa shape index (κ1) is 28.2. The highest BCUT2D eigenvalue weighted by atomic mass is 28.4. The van der Waals surface area contributed by atoms with Crippen LogP contribution in [-0.2, 0) is 9.22 Å². The number of ketones is 1. The first-order chi connectivity index (χ1) is 16.3. The lowest BCUT2D eigenvalue weighted by Gasteiger charge is -2.43. The zero-order valence-corrected chi connectivity index (χ0v) is 22.6. The number of rotatable bonds is 15. The Labute approximate surface area is 208 Å². The van der Waals surface area contributed by atoms with E-state index in [4.69, 9.17) is 4.43 Å². The van der Waals surface area contributed by atoms with Gasteiger partial charge in [-0.15, -0.1) is 0 Å². The summed E-state index contributed by atoms with van der Waals surface area (Å²) in [5.41, 5.74) is 0. The van der Waals surface area contributed by atoms with Gasteiger partial charge in [0.2, 0.25) is 0 Å². The minimum absolute atomic E-state index is 0.0578. The van der Waals surface area contributed by atoms with Gasteiger partial charge in [-0.05, 0) is 40.8 Å². The van der Waals surface area contributed by atoms with E-state index in [0.29, 0.717) is 19.4 Å². The van der Waals surface area contributed by atoms with Crippen molar-refractivity contribution in [2.24, 2.45) is 0 Å². The molecule has 0 bridgehead atoms. The first-order valence-electron chi connectivity index (χ1n) is 13.0. The normalized spacial score (nSPS) is 13.3. The Kier molecular flexibility index (Phi) is 12.0. The van der Waals surface area contributed by atoms with Crippen LogP contribution in [0.25, 0.3) is 0 Å². The average molecular weight is 481 g/mol. The van der Waals surface area contributed by atoms with Gasteiger partial charge in [-0.3, -0.25) is 4.79 Å². The first-order valence-corrected chi connectivity index (χ1v) is 14.9. The van der Waals surface area contributed by atoms with E-state index in [2.05, 4.69) is 76.2 Å². The smallest absolute Gasteiger partial charge is 0.261 e. The summed E-state index contributed by atoms with van der Waals surface area (Å²) >= 11 is 0. The van der Waals surface area contributed by atoms with E-state index in [1.165, 1.54) is 29.6 Å². The number of benzene rings is 2. The summed E-state index contributed by atoms with van der Waals surface area (Å²) < 4.78 is 6.86. The quantitative estimate of drug-likeness (QED) is 0.188. The molecule has 1 N–H and O–H groups in total. The van der Waals surface area contributed by atoms with Gasteiger partial charge in [0, 0.05) is 13.0 Å². The van der Waals surface area contributed by atoms with E-state index in [1.807, 2.05) is 12.1 Å². The van der Waals surface area contributed by atoms with Crippen LogP contribution in [0.1, 0.15) is 79.1 Å². The fourth-order valence-corrected chi connectivity index (χ4v) is 9.19. The number of carbonyl (C=O) groups is 1. The SMILES string of the molecule is CCCCCCCC(=O)C=CC(O)CCCO[Si](c1ccccc1)(c1ccccc1)C(C)(C)C. The van der Waals surface area contributed by atoms with E-state index >= 15 is 0 Å². The Morgan fingerprint density at radius 1 is 0.912 bits per heavy atom. The standard InChI is InChI=1S/C30H44O3Si/c1-5-6-7-8-11-17-26(31)23-24-27(32)18-16-25-33-34(30(2,3)4,28-19-12-9-13-20-28)29-21-14-10-15-22-29/h9-10,12-15,19-24,27,32H,5-8,11,16-18,25H2,1-4H3. The van der Waals surface area contributed by atoms with Crippen LogP contribution in [0.15, 0.2) is 72.8 Å². The molecule has 0 spiro atoms. The van der Waals surface area contributed by atoms with Gasteiger partial charge in [-0.2, -0.15) is 0 Å². The number of unbranched alkanes of at least 4 members (excludes halogenated alkanes) is 4. The van der Waals surface area contributed by atoms with Crippen LogP contribution < -0.4 is 10.4 Å². The molecule has 34 heavy (non-hydrogen) atoms. The lowest BCUT2D eigenvalue weighted by atomic mass is 10.1. The third-order valence-corrected chi connectivity index (χ3v) is 11.5. The van der Waals surface area contributed by atoms with Gasteiger partial charge in [-0.25, -0.2) is 0 Å². The number of allylic oxidation sites excluding steroid dienone is 1. The molecule has 0 heterocycles. The Morgan fingerprint density at radius 3 is 2.00 bits per heavy atom. The van der Waals surface area contributed by atoms with E-state index in [-0.39, 0.29) is 10.8 Å². The average Bonchev–Trinajstić information content (AvgIpc) is 2.83. The molecule has 1 atom stereocenters. The van der Waals surface area contributed by atoms with E-state index in [0.717, 1.165) is 19.3 Å². The minimum Gasteiger partial charge on any atom is -0.407 e. The zero-order chi connectivity index (χ0) is 24.9. The zero-order valence-electron chi connectivity index (χ0n) is 21.6. The number of carbonyl (C=O) groups excluding carboxylic acids is 1. The summed E-state index contributed by atoms with van der Waals surface area (Å²) in [5.74, 6) is 0.110. The van der Waals surface area contributed by atoms with E-state index in [1.54, 1.807) is 12.2 Å². The van der Waals surface area contributed by atoms with Crippen molar-refractivity contribution in [3.8, 4) is 0 Å². The molecule has 0 aliphatic rings. The van der Waals surface area contributed by atoms with Crippen molar-refractivity contribution in [2.75, 3.05) is 6.61 Å². The van der Waals surface area contributed by atoms with Crippen LogP contribution in [-0.4, -0.2) is 31.9 Å². The van der Waals surface area contributed by atoms with Gasteiger partial charge < -0.3 is 9.53 Å². The van der Waals surface area contributed by atoms with Gasteiger partial charge in [-0.1, -0.05) is 120 Å². The third kappa shape index (κ3) is 8.33. The number of aliphatic hydroxyl groups is 1. The summed E-state index contributed by atoms with van der Waals surface area (Å²) in [5, 5.41) is 12.8. The van der Waals surface area contributed by atoms with E-state index < -0.39 is 14.4 Å². The molecule has 4 heteroatoms. The fraction of sp³-hybridized carbons (Fsp3) is 0.500.